The highest BCUT2D eigenvalue weighted by Gasteiger charge is 2.14. The van der Waals surface area contributed by atoms with Gasteiger partial charge in [0.1, 0.15) is 6.67 Å². The van der Waals surface area contributed by atoms with E-state index in [9.17, 15) is 4.39 Å². The number of halogens is 2. The summed E-state index contributed by atoms with van der Waals surface area (Å²) >= 11 is 3.34. The van der Waals surface area contributed by atoms with Crippen LogP contribution in [0, 0.1) is 0 Å². The lowest BCUT2D eigenvalue weighted by Crippen LogP contribution is -2.40. The summed E-state index contributed by atoms with van der Waals surface area (Å²) in [4.78, 5) is 0. The first-order chi connectivity index (χ1) is 4.62. The molecular weight excluding hydrogens is 197 g/mol. The van der Waals surface area contributed by atoms with Crippen LogP contribution in [0.15, 0.2) is 0 Å². The maximum Gasteiger partial charge on any atom is 0.102 e. The molecule has 10 heavy (non-hydrogen) atoms. The second kappa shape index (κ2) is 5.08. The Balaban J connectivity index is 3.42. The topological polar surface area (TPSA) is 12.0 Å². The zero-order valence-corrected chi connectivity index (χ0v) is 8.17. The normalized spacial score (nSPS) is 12.0. The van der Waals surface area contributed by atoms with Gasteiger partial charge in [0.2, 0.25) is 0 Å². The highest BCUT2D eigenvalue weighted by Crippen LogP contribution is 2.08. The van der Waals surface area contributed by atoms with E-state index in [0.29, 0.717) is 6.54 Å². The highest BCUT2D eigenvalue weighted by atomic mass is 79.9. The van der Waals surface area contributed by atoms with Crippen molar-refractivity contribution in [3.63, 3.8) is 0 Å². The van der Waals surface area contributed by atoms with Crippen molar-refractivity contribution in [3.05, 3.63) is 0 Å². The Labute approximate surface area is 70.5 Å². The lowest BCUT2D eigenvalue weighted by Gasteiger charge is -2.24. The Morgan fingerprint density at radius 2 is 2.10 bits per heavy atom. The summed E-state index contributed by atoms with van der Waals surface area (Å²) < 4.78 is 11.7. The van der Waals surface area contributed by atoms with E-state index in [0.717, 1.165) is 11.8 Å². The summed E-state index contributed by atoms with van der Waals surface area (Å²) in [6.45, 7) is 4.32. The van der Waals surface area contributed by atoms with Crippen molar-refractivity contribution >= 4 is 15.9 Å². The van der Waals surface area contributed by atoms with Crippen LogP contribution >= 0.6 is 15.9 Å². The zero-order valence-electron chi connectivity index (χ0n) is 6.58. The Hall–Kier alpha value is 0.370. The molecule has 0 saturated heterocycles. The fourth-order valence-electron chi connectivity index (χ4n) is 0.710. The van der Waals surface area contributed by atoms with Crippen LogP contribution in [-0.4, -0.2) is 24.1 Å². The van der Waals surface area contributed by atoms with E-state index < -0.39 is 0 Å². The minimum Gasteiger partial charge on any atom is -0.309 e. The summed E-state index contributed by atoms with van der Waals surface area (Å²) in [6, 6.07) is 0. The second-order valence-corrected chi connectivity index (χ2v) is 3.73. The zero-order chi connectivity index (χ0) is 8.04. The predicted molar refractivity (Wildman–Crippen MR) is 46.5 cm³/mol. The van der Waals surface area contributed by atoms with Gasteiger partial charge in [0.05, 0.1) is 0 Å². The van der Waals surface area contributed by atoms with Crippen LogP contribution in [0.2, 0.25) is 0 Å². The molecule has 0 aliphatic rings. The molecule has 0 fully saturated rings. The number of hydrogen-bond acceptors (Lipinski definition) is 1. The van der Waals surface area contributed by atoms with E-state index >= 15 is 0 Å². The Morgan fingerprint density at radius 1 is 1.50 bits per heavy atom. The van der Waals surface area contributed by atoms with Crippen LogP contribution in [0.1, 0.15) is 20.3 Å². The maximum absolute atomic E-state index is 11.7. The monoisotopic (exact) mass is 211 g/mol. The molecule has 0 saturated carbocycles. The molecule has 62 valence electrons. The first-order valence-electron chi connectivity index (χ1n) is 3.49. The average molecular weight is 212 g/mol. The van der Waals surface area contributed by atoms with Crippen LogP contribution in [0.5, 0.6) is 0 Å². The van der Waals surface area contributed by atoms with E-state index in [1.165, 1.54) is 0 Å². The third kappa shape index (κ3) is 5.18. The molecule has 0 amide bonds. The average Bonchev–Trinajstić information content (AvgIpc) is 1.84. The van der Waals surface area contributed by atoms with Crippen LogP contribution in [0.4, 0.5) is 4.39 Å². The predicted octanol–water partition coefficient (Wildman–Crippen LogP) is 2.11. The highest BCUT2D eigenvalue weighted by molar-refractivity contribution is 9.09. The van der Waals surface area contributed by atoms with Crippen molar-refractivity contribution in [3.8, 4) is 0 Å². The molecule has 0 aliphatic carbocycles. The van der Waals surface area contributed by atoms with Gasteiger partial charge in [-0.05, 0) is 20.3 Å². The SMILES string of the molecule is CC(C)(CCBr)NCCF. The van der Waals surface area contributed by atoms with Gasteiger partial charge in [-0.25, -0.2) is 4.39 Å². The largest absolute Gasteiger partial charge is 0.309 e. The Kier molecular flexibility index (Phi) is 5.27. The number of rotatable bonds is 5. The minimum absolute atomic E-state index is 0.0651. The third-order valence-electron chi connectivity index (χ3n) is 1.42. The van der Waals surface area contributed by atoms with Gasteiger partial charge >= 0.3 is 0 Å². The molecule has 0 bridgehead atoms. The molecular formula is C7H15BrFN. The molecule has 3 heteroatoms. The van der Waals surface area contributed by atoms with Gasteiger partial charge in [-0.2, -0.15) is 0 Å². The maximum atomic E-state index is 11.7. The Bertz CT molecular complexity index is 85.7. The summed E-state index contributed by atoms with van der Waals surface area (Å²) in [5, 5.41) is 4.06. The molecule has 1 N–H and O–H groups in total. The number of hydrogen-bond donors (Lipinski definition) is 1. The molecule has 0 heterocycles. The van der Waals surface area contributed by atoms with Crippen molar-refractivity contribution in [1.29, 1.82) is 0 Å². The molecule has 0 unspecified atom stereocenters. The minimum atomic E-state index is -0.286. The van der Waals surface area contributed by atoms with E-state index in [1.54, 1.807) is 0 Å². The molecule has 0 aliphatic heterocycles. The third-order valence-corrected chi connectivity index (χ3v) is 1.81. The lowest BCUT2D eigenvalue weighted by atomic mass is 10.0. The molecule has 0 atom stereocenters. The fraction of sp³-hybridized carbons (Fsp3) is 1.00. The molecule has 0 rings (SSSR count). The van der Waals surface area contributed by atoms with Crippen LogP contribution in [-0.2, 0) is 0 Å². The van der Waals surface area contributed by atoms with Crippen LogP contribution < -0.4 is 5.32 Å². The van der Waals surface area contributed by atoms with Crippen molar-refractivity contribution in [1.82, 2.24) is 5.32 Å². The van der Waals surface area contributed by atoms with E-state index in [4.69, 9.17) is 0 Å². The van der Waals surface area contributed by atoms with E-state index in [2.05, 4.69) is 35.1 Å². The van der Waals surface area contributed by atoms with Gasteiger partial charge in [0, 0.05) is 17.4 Å². The first-order valence-corrected chi connectivity index (χ1v) is 4.61. The van der Waals surface area contributed by atoms with Crippen molar-refractivity contribution in [2.45, 2.75) is 25.8 Å². The molecule has 0 spiro atoms. The van der Waals surface area contributed by atoms with E-state index in [1.807, 2.05) is 0 Å². The number of nitrogens with one attached hydrogen (secondary N) is 1. The van der Waals surface area contributed by atoms with Crippen molar-refractivity contribution in [2.24, 2.45) is 0 Å². The summed E-state index contributed by atoms with van der Waals surface area (Å²) in [5.74, 6) is 0. The van der Waals surface area contributed by atoms with Crippen LogP contribution in [0.25, 0.3) is 0 Å². The summed E-state index contributed by atoms with van der Waals surface area (Å²) in [7, 11) is 0. The van der Waals surface area contributed by atoms with Gasteiger partial charge in [-0.3, -0.25) is 0 Å². The lowest BCUT2D eigenvalue weighted by molar-refractivity contribution is 0.350. The number of alkyl halides is 2. The molecule has 0 radical (unpaired) electrons. The standard InChI is InChI=1S/C7H15BrFN/c1-7(2,3-4-8)10-6-5-9/h10H,3-6H2,1-2H3. The molecule has 1 nitrogen and oxygen atoms in total. The quantitative estimate of drug-likeness (QED) is 0.688. The van der Waals surface area contributed by atoms with Gasteiger partial charge < -0.3 is 5.32 Å². The van der Waals surface area contributed by atoms with Crippen molar-refractivity contribution < 1.29 is 4.39 Å². The Morgan fingerprint density at radius 3 is 2.50 bits per heavy atom. The molecule has 0 aromatic heterocycles. The summed E-state index contributed by atoms with van der Waals surface area (Å²) in [5.41, 5.74) is 0.0651. The summed E-state index contributed by atoms with van der Waals surface area (Å²) in [6.07, 6.45) is 1.02. The smallest absolute Gasteiger partial charge is 0.102 e. The van der Waals surface area contributed by atoms with E-state index in [-0.39, 0.29) is 12.2 Å². The van der Waals surface area contributed by atoms with Crippen molar-refractivity contribution in [2.75, 3.05) is 18.5 Å². The molecule has 0 aromatic carbocycles. The van der Waals surface area contributed by atoms with Gasteiger partial charge in [-0.15, -0.1) is 0 Å². The fourth-order valence-corrected chi connectivity index (χ4v) is 1.70. The van der Waals surface area contributed by atoms with Gasteiger partial charge in [-0.1, -0.05) is 15.9 Å². The second-order valence-electron chi connectivity index (χ2n) is 2.94. The van der Waals surface area contributed by atoms with Gasteiger partial charge in [0.15, 0.2) is 0 Å². The first kappa shape index (κ1) is 10.4. The van der Waals surface area contributed by atoms with Gasteiger partial charge in [0.25, 0.3) is 0 Å². The molecule has 0 aromatic rings. The van der Waals surface area contributed by atoms with Crippen LogP contribution in [0.3, 0.4) is 0 Å².